The molecular formula is C20H23ClN2O4S. The summed E-state index contributed by atoms with van der Waals surface area (Å²) in [6, 6.07) is 11.0. The van der Waals surface area contributed by atoms with Gasteiger partial charge in [0.2, 0.25) is 0 Å². The molecule has 0 atom stereocenters. The smallest absolute Gasteiger partial charge is 0.337 e. The van der Waals surface area contributed by atoms with Gasteiger partial charge >= 0.3 is 5.97 Å². The number of hydrogen-bond donors (Lipinski definition) is 1. The molecule has 2 aromatic carbocycles. The summed E-state index contributed by atoms with van der Waals surface area (Å²) in [6.07, 6.45) is 1.98. The summed E-state index contributed by atoms with van der Waals surface area (Å²) in [5, 5.41) is 0.513. The third-order valence-corrected chi connectivity index (χ3v) is 6.55. The molecule has 0 bridgehead atoms. The van der Waals surface area contributed by atoms with Gasteiger partial charge in [0.15, 0.2) is 0 Å². The lowest BCUT2D eigenvalue weighted by molar-refractivity contribution is 0.0600. The molecule has 1 aliphatic heterocycles. The van der Waals surface area contributed by atoms with Gasteiger partial charge in [-0.2, -0.15) is 0 Å². The van der Waals surface area contributed by atoms with Crippen LogP contribution in [0.3, 0.4) is 0 Å². The van der Waals surface area contributed by atoms with E-state index in [0.717, 1.165) is 25.9 Å². The number of sulfonamides is 1. The number of piperidine rings is 1. The van der Waals surface area contributed by atoms with Crippen molar-refractivity contribution in [2.75, 3.05) is 29.8 Å². The Balaban J connectivity index is 2.01. The van der Waals surface area contributed by atoms with Crippen LogP contribution in [0.1, 0.15) is 30.1 Å². The Morgan fingerprint density at radius 1 is 1.14 bits per heavy atom. The van der Waals surface area contributed by atoms with Crippen molar-refractivity contribution in [3.05, 3.63) is 53.1 Å². The van der Waals surface area contributed by atoms with Crippen molar-refractivity contribution < 1.29 is 17.9 Å². The van der Waals surface area contributed by atoms with Crippen molar-refractivity contribution in [2.45, 2.75) is 24.7 Å². The van der Waals surface area contributed by atoms with Gasteiger partial charge in [0.1, 0.15) is 4.90 Å². The van der Waals surface area contributed by atoms with Crippen molar-refractivity contribution >= 4 is 39.0 Å². The molecule has 1 fully saturated rings. The third kappa shape index (κ3) is 4.59. The highest BCUT2D eigenvalue weighted by molar-refractivity contribution is 7.92. The molecule has 0 spiro atoms. The largest absolute Gasteiger partial charge is 0.465 e. The van der Waals surface area contributed by atoms with E-state index in [1.165, 1.54) is 13.2 Å². The summed E-state index contributed by atoms with van der Waals surface area (Å²) in [5.74, 6) is 0.0274. The van der Waals surface area contributed by atoms with E-state index in [1.807, 2.05) is 0 Å². The Morgan fingerprint density at radius 2 is 1.79 bits per heavy atom. The van der Waals surface area contributed by atoms with Crippen LogP contribution in [-0.2, 0) is 14.8 Å². The number of nitrogens with zero attached hydrogens (tertiary/aromatic N) is 1. The number of esters is 1. The second-order valence-corrected chi connectivity index (χ2v) is 9.04. The lowest BCUT2D eigenvalue weighted by Crippen LogP contribution is -2.34. The predicted molar refractivity (Wildman–Crippen MR) is 111 cm³/mol. The van der Waals surface area contributed by atoms with Crippen LogP contribution >= 0.6 is 11.6 Å². The molecule has 1 heterocycles. The van der Waals surface area contributed by atoms with Crippen LogP contribution < -0.4 is 9.62 Å². The van der Waals surface area contributed by atoms with Crippen LogP contribution in [-0.4, -0.2) is 34.6 Å². The highest BCUT2D eigenvalue weighted by Gasteiger charge is 2.26. The molecule has 1 saturated heterocycles. The molecular weight excluding hydrogens is 400 g/mol. The number of hydrogen-bond acceptors (Lipinski definition) is 5. The van der Waals surface area contributed by atoms with Crippen molar-refractivity contribution in [1.82, 2.24) is 0 Å². The van der Waals surface area contributed by atoms with Crippen molar-refractivity contribution in [1.29, 1.82) is 0 Å². The zero-order valence-electron chi connectivity index (χ0n) is 15.8. The van der Waals surface area contributed by atoms with Gasteiger partial charge in [0.05, 0.1) is 18.4 Å². The van der Waals surface area contributed by atoms with E-state index in [0.29, 0.717) is 22.3 Å². The molecule has 1 aliphatic rings. The average molecular weight is 423 g/mol. The fraction of sp³-hybridized carbons (Fsp3) is 0.350. The molecule has 28 heavy (non-hydrogen) atoms. The fourth-order valence-electron chi connectivity index (χ4n) is 3.21. The highest BCUT2D eigenvalue weighted by atomic mass is 35.5. The number of carbonyl (C=O) groups is 1. The molecule has 0 amide bonds. The number of nitrogens with one attached hydrogen (secondary N) is 1. The number of rotatable bonds is 5. The number of carbonyl (C=O) groups excluding carboxylic acids is 1. The summed E-state index contributed by atoms with van der Waals surface area (Å²) in [7, 11) is -2.66. The molecule has 0 aromatic heterocycles. The van der Waals surface area contributed by atoms with E-state index >= 15 is 0 Å². The summed E-state index contributed by atoms with van der Waals surface area (Å²) < 4.78 is 33.6. The molecule has 2 aromatic rings. The topological polar surface area (TPSA) is 75.7 Å². The third-order valence-electron chi connectivity index (χ3n) is 4.89. The first kappa shape index (κ1) is 20.5. The Morgan fingerprint density at radius 3 is 2.39 bits per heavy atom. The number of methoxy groups -OCH3 is 1. The van der Waals surface area contributed by atoms with Gasteiger partial charge in [-0.05, 0) is 61.2 Å². The summed E-state index contributed by atoms with van der Waals surface area (Å²) in [5.41, 5.74) is 1.17. The van der Waals surface area contributed by atoms with Gasteiger partial charge in [0.25, 0.3) is 10.0 Å². The summed E-state index contributed by atoms with van der Waals surface area (Å²) >= 11 is 5.87. The van der Waals surface area contributed by atoms with E-state index < -0.39 is 16.0 Å². The monoisotopic (exact) mass is 422 g/mol. The van der Waals surface area contributed by atoms with Crippen LogP contribution in [0.2, 0.25) is 5.02 Å². The standard InChI is InChI=1S/C20H23ClN2O4S/c1-14-9-11-23(12-10-14)18-8-3-15(20(24)27-2)13-19(18)28(25,26)22-17-6-4-16(21)5-7-17/h3-8,13-14,22H,9-12H2,1-2H3. The van der Waals surface area contributed by atoms with E-state index in [-0.39, 0.29) is 10.5 Å². The maximum atomic E-state index is 13.2. The van der Waals surface area contributed by atoms with E-state index in [1.54, 1.807) is 36.4 Å². The average Bonchev–Trinajstić information content (AvgIpc) is 2.69. The lowest BCUT2D eigenvalue weighted by atomic mass is 9.98. The molecule has 1 N–H and O–H groups in total. The van der Waals surface area contributed by atoms with Crippen molar-refractivity contribution in [3.63, 3.8) is 0 Å². The molecule has 0 unspecified atom stereocenters. The Labute approximate surface area is 170 Å². The Bertz CT molecular complexity index is 953. The molecule has 0 aliphatic carbocycles. The van der Waals surface area contributed by atoms with Gasteiger partial charge in [-0.15, -0.1) is 0 Å². The van der Waals surface area contributed by atoms with Gasteiger partial charge in [-0.1, -0.05) is 18.5 Å². The number of anilines is 2. The molecule has 8 heteroatoms. The van der Waals surface area contributed by atoms with Crippen LogP contribution in [0, 0.1) is 5.92 Å². The maximum absolute atomic E-state index is 13.2. The first-order chi connectivity index (χ1) is 13.3. The van der Waals surface area contributed by atoms with Gasteiger partial charge in [-0.3, -0.25) is 4.72 Å². The minimum Gasteiger partial charge on any atom is -0.465 e. The van der Waals surface area contributed by atoms with Gasteiger partial charge in [0, 0.05) is 23.8 Å². The number of benzene rings is 2. The quantitative estimate of drug-likeness (QED) is 0.732. The van der Waals surface area contributed by atoms with Crippen LogP contribution in [0.15, 0.2) is 47.4 Å². The fourth-order valence-corrected chi connectivity index (χ4v) is 4.65. The van der Waals surface area contributed by atoms with E-state index in [4.69, 9.17) is 16.3 Å². The Kier molecular flexibility index (Phi) is 6.15. The van der Waals surface area contributed by atoms with E-state index in [9.17, 15) is 13.2 Å². The van der Waals surface area contributed by atoms with Gasteiger partial charge < -0.3 is 9.64 Å². The minimum absolute atomic E-state index is 0.0555. The van der Waals surface area contributed by atoms with Crippen molar-refractivity contribution in [3.8, 4) is 0 Å². The van der Waals surface area contributed by atoms with E-state index in [2.05, 4.69) is 16.5 Å². The maximum Gasteiger partial charge on any atom is 0.337 e. The number of halogens is 1. The molecule has 0 saturated carbocycles. The molecule has 6 nitrogen and oxygen atoms in total. The van der Waals surface area contributed by atoms with Crippen molar-refractivity contribution in [2.24, 2.45) is 5.92 Å². The predicted octanol–water partition coefficient (Wildman–Crippen LogP) is 4.16. The Hall–Kier alpha value is -2.25. The molecule has 3 rings (SSSR count). The lowest BCUT2D eigenvalue weighted by Gasteiger charge is -2.33. The van der Waals surface area contributed by atoms with Crippen LogP contribution in [0.5, 0.6) is 0 Å². The first-order valence-corrected chi connectivity index (χ1v) is 10.9. The second-order valence-electron chi connectivity index (χ2n) is 6.96. The van der Waals surface area contributed by atoms with Crippen LogP contribution in [0.4, 0.5) is 11.4 Å². The highest BCUT2D eigenvalue weighted by Crippen LogP contribution is 2.32. The summed E-state index contributed by atoms with van der Waals surface area (Å²) in [4.78, 5) is 14.1. The minimum atomic E-state index is -3.93. The SMILES string of the molecule is COC(=O)c1ccc(N2CCC(C)CC2)c(S(=O)(=O)Nc2ccc(Cl)cc2)c1. The first-order valence-electron chi connectivity index (χ1n) is 9.06. The normalized spacial score (nSPS) is 15.3. The van der Waals surface area contributed by atoms with Crippen LogP contribution in [0.25, 0.3) is 0 Å². The zero-order valence-corrected chi connectivity index (χ0v) is 17.4. The molecule has 0 radical (unpaired) electrons. The zero-order chi connectivity index (χ0) is 20.3. The number of ether oxygens (including phenoxy) is 1. The van der Waals surface area contributed by atoms with Gasteiger partial charge in [-0.25, -0.2) is 13.2 Å². The second kappa shape index (κ2) is 8.41. The summed E-state index contributed by atoms with van der Waals surface area (Å²) in [6.45, 7) is 3.72. The molecule has 150 valence electrons.